The Morgan fingerprint density at radius 2 is 1.88 bits per heavy atom. The lowest BCUT2D eigenvalue weighted by Crippen LogP contribution is -2.06. The van der Waals surface area contributed by atoms with E-state index >= 15 is 0 Å². The molecule has 0 saturated heterocycles. The second-order valence-electron chi connectivity index (χ2n) is 5.62. The zero-order chi connectivity index (χ0) is 17.8. The van der Waals surface area contributed by atoms with Gasteiger partial charge in [-0.1, -0.05) is 41.9 Å². The maximum atomic E-state index is 11.0. The molecule has 0 aliphatic rings. The van der Waals surface area contributed by atoms with Gasteiger partial charge in [-0.3, -0.25) is 4.79 Å². The van der Waals surface area contributed by atoms with E-state index in [1.807, 2.05) is 59.2 Å². The van der Waals surface area contributed by atoms with E-state index < -0.39 is 5.97 Å². The Hall–Kier alpha value is -2.72. The summed E-state index contributed by atoms with van der Waals surface area (Å²) in [5, 5.41) is 9.64. The highest BCUT2D eigenvalue weighted by Gasteiger charge is 2.16. The van der Waals surface area contributed by atoms with Crippen molar-refractivity contribution >= 4 is 17.6 Å². The van der Waals surface area contributed by atoms with Crippen LogP contribution >= 0.6 is 11.6 Å². The highest BCUT2D eigenvalue weighted by atomic mass is 35.5. The molecule has 128 valence electrons. The number of hydrogen-bond acceptors (Lipinski definition) is 2. The number of methoxy groups -OCH3 is 1. The number of hydrogen-bond donors (Lipinski definition) is 1. The first kappa shape index (κ1) is 17.1. The van der Waals surface area contributed by atoms with Crippen LogP contribution in [0, 0.1) is 0 Å². The van der Waals surface area contributed by atoms with E-state index in [1.54, 1.807) is 13.2 Å². The van der Waals surface area contributed by atoms with E-state index in [0.717, 1.165) is 22.6 Å². The molecule has 0 fully saturated rings. The predicted molar refractivity (Wildman–Crippen MR) is 98.7 cm³/mol. The minimum Gasteiger partial charge on any atom is -0.495 e. The van der Waals surface area contributed by atoms with Crippen LogP contribution in [-0.2, 0) is 11.2 Å². The summed E-state index contributed by atoms with van der Waals surface area (Å²) in [5.41, 5.74) is 3.67. The van der Waals surface area contributed by atoms with Gasteiger partial charge in [0, 0.05) is 10.7 Å². The summed E-state index contributed by atoms with van der Waals surface area (Å²) in [4.78, 5) is 11.0. The van der Waals surface area contributed by atoms with Crippen molar-refractivity contribution in [3.05, 3.63) is 71.4 Å². The zero-order valence-electron chi connectivity index (χ0n) is 13.8. The molecule has 1 heterocycles. The summed E-state index contributed by atoms with van der Waals surface area (Å²) in [6, 6.07) is 19.3. The van der Waals surface area contributed by atoms with Crippen molar-refractivity contribution in [3.8, 4) is 22.7 Å². The molecule has 0 unspecified atom stereocenters. The molecule has 0 atom stereocenters. The Bertz CT molecular complexity index is 887. The highest BCUT2D eigenvalue weighted by Crippen LogP contribution is 2.33. The molecular weight excluding hydrogens is 338 g/mol. The molecule has 2 aromatic carbocycles. The van der Waals surface area contributed by atoms with Crippen LogP contribution in [0.5, 0.6) is 5.75 Å². The smallest absolute Gasteiger partial charge is 0.303 e. The molecule has 0 saturated carbocycles. The number of carboxylic acids is 1. The van der Waals surface area contributed by atoms with Crippen LogP contribution in [0.2, 0.25) is 5.02 Å². The summed E-state index contributed by atoms with van der Waals surface area (Å²) in [6.45, 7) is 0. The average molecular weight is 356 g/mol. The molecule has 1 N–H and O–H groups in total. The minimum atomic E-state index is -0.827. The number of aliphatic carboxylic acids is 1. The molecule has 0 radical (unpaired) electrons. The maximum Gasteiger partial charge on any atom is 0.303 e. The summed E-state index contributed by atoms with van der Waals surface area (Å²) in [5.74, 6) is -0.151. The summed E-state index contributed by atoms with van der Waals surface area (Å²) >= 11 is 6.21. The van der Waals surface area contributed by atoms with E-state index in [2.05, 4.69) is 0 Å². The van der Waals surface area contributed by atoms with Gasteiger partial charge in [0.2, 0.25) is 0 Å². The fourth-order valence-electron chi connectivity index (χ4n) is 2.87. The number of aryl methyl sites for hydroxylation is 1. The van der Waals surface area contributed by atoms with Gasteiger partial charge in [-0.25, -0.2) is 0 Å². The topological polar surface area (TPSA) is 51.5 Å². The largest absolute Gasteiger partial charge is 0.495 e. The third-order valence-electron chi connectivity index (χ3n) is 4.01. The first-order valence-electron chi connectivity index (χ1n) is 7.92. The number of carboxylic acid groups (broad SMARTS) is 1. The SMILES string of the molecule is COc1ccc(Cl)cc1-n1c(CCC(=O)O)ccc1-c1ccccc1. The van der Waals surface area contributed by atoms with Crippen LogP contribution in [0.4, 0.5) is 0 Å². The quantitative estimate of drug-likeness (QED) is 0.689. The zero-order valence-corrected chi connectivity index (χ0v) is 14.5. The van der Waals surface area contributed by atoms with Crippen molar-refractivity contribution in [2.24, 2.45) is 0 Å². The molecule has 0 bridgehead atoms. The average Bonchev–Trinajstić information content (AvgIpc) is 3.04. The molecule has 0 aliphatic carbocycles. The minimum absolute atomic E-state index is 0.0567. The number of ether oxygens (including phenoxy) is 1. The van der Waals surface area contributed by atoms with Gasteiger partial charge >= 0.3 is 5.97 Å². The second-order valence-corrected chi connectivity index (χ2v) is 6.06. The molecule has 0 spiro atoms. The number of aromatic nitrogens is 1. The summed E-state index contributed by atoms with van der Waals surface area (Å²) in [6.07, 6.45) is 0.471. The monoisotopic (exact) mass is 355 g/mol. The van der Waals surface area contributed by atoms with Crippen LogP contribution in [0.1, 0.15) is 12.1 Å². The van der Waals surface area contributed by atoms with Crippen LogP contribution in [0.15, 0.2) is 60.7 Å². The first-order chi connectivity index (χ1) is 12.1. The van der Waals surface area contributed by atoms with Crippen LogP contribution < -0.4 is 4.74 Å². The van der Waals surface area contributed by atoms with E-state index in [4.69, 9.17) is 21.4 Å². The van der Waals surface area contributed by atoms with Crippen molar-refractivity contribution in [2.75, 3.05) is 7.11 Å². The van der Waals surface area contributed by atoms with Crippen molar-refractivity contribution in [3.63, 3.8) is 0 Å². The van der Waals surface area contributed by atoms with Gasteiger partial charge in [-0.05, 0) is 42.3 Å². The van der Waals surface area contributed by atoms with Gasteiger partial charge in [-0.15, -0.1) is 0 Å². The van der Waals surface area contributed by atoms with E-state index in [1.165, 1.54) is 0 Å². The number of rotatable bonds is 6. The Kier molecular flexibility index (Phi) is 5.10. The Balaban J connectivity index is 2.19. The van der Waals surface area contributed by atoms with Crippen molar-refractivity contribution in [2.45, 2.75) is 12.8 Å². The highest BCUT2D eigenvalue weighted by molar-refractivity contribution is 6.30. The molecule has 4 nitrogen and oxygen atoms in total. The summed E-state index contributed by atoms with van der Waals surface area (Å²) in [7, 11) is 1.61. The first-order valence-corrected chi connectivity index (χ1v) is 8.29. The van der Waals surface area contributed by atoms with Crippen LogP contribution in [-0.4, -0.2) is 22.8 Å². The molecular formula is C20H18ClNO3. The lowest BCUT2D eigenvalue weighted by atomic mass is 10.1. The molecule has 3 rings (SSSR count). The molecule has 0 aliphatic heterocycles. The van der Waals surface area contributed by atoms with Gasteiger partial charge in [-0.2, -0.15) is 0 Å². The van der Waals surface area contributed by atoms with Crippen LogP contribution in [0.3, 0.4) is 0 Å². The maximum absolute atomic E-state index is 11.0. The Morgan fingerprint density at radius 3 is 2.56 bits per heavy atom. The van der Waals surface area contributed by atoms with Crippen molar-refractivity contribution < 1.29 is 14.6 Å². The number of halogens is 1. The Labute approximate surface area is 151 Å². The van der Waals surface area contributed by atoms with Crippen molar-refractivity contribution in [1.82, 2.24) is 4.57 Å². The van der Waals surface area contributed by atoms with Gasteiger partial charge < -0.3 is 14.4 Å². The molecule has 5 heteroatoms. The predicted octanol–water partition coefficient (Wildman–Crippen LogP) is 4.82. The lowest BCUT2D eigenvalue weighted by Gasteiger charge is -2.17. The standard InChI is InChI=1S/C20H18ClNO3/c1-25-19-11-7-15(21)13-18(19)22-16(9-12-20(23)24)8-10-17(22)14-5-3-2-4-6-14/h2-8,10-11,13H,9,12H2,1H3,(H,23,24). The van der Waals surface area contributed by atoms with Crippen LogP contribution in [0.25, 0.3) is 16.9 Å². The number of benzene rings is 2. The Morgan fingerprint density at radius 1 is 1.12 bits per heavy atom. The molecule has 0 amide bonds. The molecule has 3 aromatic rings. The number of nitrogens with zero attached hydrogens (tertiary/aromatic N) is 1. The normalized spacial score (nSPS) is 10.6. The van der Waals surface area contributed by atoms with Crippen molar-refractivity contribution in [1.29, 1.82) is 0 Å². The summed E-state index contributed by atoms with van der Waals surface area (Å²) < 4.78 is 7.52. The second kappa shape index (κ2) is 7.45. The van der Waals surface area contributed by atoms with E-state index in [-0.39, 0.29) is 6.42 Å². The van der Waals surface area contributed by atoms with E-state index in [9.17, 15) is 4.79 Å². The molecule has 1 aromatic heterocycles. The lowest BCUT2D eigenvalue weighted by molar-refractivity contribution is -0.136. The number of carbonyl (C=O) groups is 1. The third-order valence-corrected chi connectivity index (χ3v) is 4.24. The van der Waals surface area contributed by atoms with Gasteiger partial charge in [0.15, 0.2) is 0 Å². The fraction of sp³-hybridized carbons (Fsp3) is 0.150. The van der Waals surface area contributed by atoms with Gasteiger partial charge in [0.1, 0.15) is 5.75 Å². The van der Waals surface area contributed by atoms with Gasteiger partial charge in [0.05, 0.1) is 24.9 Å². The van der Waals surface area contributed by atoms with Gasteiger partial charge in [0.25, 0.3) is 0 Å². The fourth-order valence-corrected chi connectivity index (χ4v) is 3.03. The van der Waals surface area contributed by atoms with E-state index in [0.29, 0.717) is 17.2 Å². The third kappa shape index (κ3) is 3.69. The molecule has 25 heavy (non-hydrogen) atoms.